The van der Waals surface area contributed by atoms with E-state index in [0.29, 0.717) is 23.1 Å². The largest absolute Gasteiger partial charge is 0.370 e. The standard InChI is InChI=1S/C14H14N2O4/c1-8-4-5-20-14(8)13(17)11-7-15-12-3-2-9(16(18)19)6-10(11)12/h2-3,6-8,14-15H,4-5H2,1H3. The number of hydrogen-bond acceptors (Lipinski definition) is 4. The molecule has 6 nitrogen and oxygen atoms in total. The van der Waals surface area contributed by atoms with Crippen LogP contribution in [0.25, 0.3) is 10.9 Å². The van der Waals surface area contributed by atoms with Gasteiger partial charge in [0.05, 0.1) is 4.92 Å². The number of Topliss-reactive ketones (excluding diaryl/α,β-unsaturated/α-hetero) is 1. The van der Waals surface area contributed by atoms with Gasteiger partial charge in [0.15, 0.2) is 5.78 Å². The summed E-state index contributed by atoms with van der Waals surface area (Å²) in [5.74, 6) is 0.0629. The first-order valence-corrected chi connectivity index (χ1v) is 6.49. The highest BCUT2D eigenvalue weighted by Crippen LogP contribution is 2.29. The molecule has 0 radical (unpaired) electrons. The Bertz CT molecular complexity index is 692. The van der Waals surface area contributed by atoms with Crippen molar-refractivity contribution >= 4 is 22.4 Å². The van der Waals surface area contributed by atoms with E-state index in [0.717, 1.165) is 6.42 Å². The fourth-order valence-corrected chi connectivity index (χ4v) is 2.61. The number of ketones is 1. The second-order valence-corrected chi connectivity index (χ2v) is 5.11. The molecular weight excluding hydrogens is 260 g/mol. The molecule has 0 amide bonds. The molecular formula is C14H14N2O4. The summed E-state index contributed by atoms with van der Waals surface area (Å²) in [5.41, 5.74) is 1.15. The van der Waals surface area contributed by atoms with Crippen molar-refractivity contribution in [3.63, 3.8) is 0 Å². The number of nitrogens with zero attached hydrogens (tertiary/aromatic N) is 1. The third-order valence-electron chi connectivity index (χ3n) is 3.79. The van der Waals surface area contributed by atoms with Gasteiger partial charge in [-0.05, 0) is 18.4 Å². The summed E-state index contributed by atoms with van der Waals surface area (Å²) in [5, 5.41) is 11.4. The molecule has 1 N–H and O–H groups in total. The van der Waals surface area contributed by atoms with Crippen molar-refractivity contribution in [1.29, 1.82) is 0 Å². The Labute approximate surface area is 114 Å². The molecule has 2 atom stereocenters. The summed E-state index contributed by atoms with van der Waals surface area (Å²) in [6.45, 7) is 2.56. The summed E-state index contributed by atoms with van der Waals surface area (Å²) >= 11 is 0. The predicted octanol–water partition coefficient (Wildman–Crippen LogP) is 2.68. The van der Waals surface area contributed by atoms with Gasteiger partial charge in [-0.25, -0.2) is 0 Å². The smallest absolute Gasteiger partial charge is 0.270 e. The zero-order valence-corrected chi connectivity index (χ0v) is 11.0. The molecule has 104 valence electrons. The van der Waals surface area contributed by atoms with Gasteiger partial charge in [0, 0.05) is 41.4 Å². The van der Waals surface area contributed by atoms with Gasteiger partial charge < -0.3 is 9.72 Å². The van der Waals surface area contributed by atoms with Crippen LogP contribution in [0.4, 0.5) is 5.69 Å². The van der Waals surface area contributed by atoms with Crippen molar-refractivity contribution in [2.45, 2.75) is 19.4 Å². The second-order valence-electron chi connectivity index (χ2n) is 5.11. The van der Waals surface area contributed by atoms with Crippen LogP contribution in [0.2, 0.25) is 0 Å². The first kappa shape index (κ1) is 12.8. The molecule has 3 rings (SSSR count). The number of non-ortho nitro benzene ring substituents is 1. The molecule has 0 bridgehead atoms. The highest BCUT2D eigenvalue weighted by molar-refractivity contribution is 6.10. The highest BCUT2D eigenvalue weighted by Gasteiger charge is 2.32. The Hall–Kier alpha value is -2.21. The van der Waals surface area contributed by atoms with Gasteiger partial charge in [0.25, 0.3) is 5.69 Å². The lowest BCUT2D eigenvalue weighted by Crippen LogP contribution is -2.25. The number of aromatic amines is 1. The van der Waals surface area contributed by atoms with Gasteiger partial charge in [-0.2, -0.15) is 0 Å². The molecule has 1 saturated heterocycles. The van der Waals surface area contributed by atoms with Crippen LogP contribution >= 0.6 is 0 Å². The number of aromatic nitrogens is 1. The van der Waals surface area contributed by atoms with Gasteiger partial charge in [-0.15, -0.1) is 0 Å². The van der Waals surface area contributed by atoms with Crippen LogP contribution < -0.4 is 0 Å². The molecule has 1 aromatic heterocycles. The maximum atomic E-state index is 12.5. The molecule has 20 heavy (non-hydrogen) atoms. The number of nitrogens with one attached hydrogen (secondary N) is 1. The molecule has 6 heteroatoms. The van der Waals surface area contributed by atoms with Crippen LogP contribution in [0.15, 0.2) is 24.4 Å². The second kappa shape index (κ2) is 4.72. The van der Waals surface area contributed by atoms with Crippen LogP contribution in [0, 0.1) is 16.0 Å². The van der Waals surface area contributed by atoms with Gasteiger partial charge in [-0.3, -0.25) is 14.9 Å². The molecule has 0 aliphatic carbocycles. The SMILES string of the molecule is CC1CCOC1C(=O)c1c[nH]c2ccc([N+](=O)[O-])cc12. The van der Waals surface area contributed by atoms with Gasteiger partial charge in [-0.1, -0.05) is 6.92 Å². The first-order valence-electron chi connectivity index (χ1n) is 6.49. The van der Waals surface area contributed by atoms with E-state index in [1.165, 1.54) is 12.1 Å². The third kappa shape index (κ3) is 1.98. The Kier molecular flexibility index (Phi) is 3.02. The number of carbonyl (C=O) groups excluding carboxylic acids is 1. The van der Waals surface area contributed by atoms with Crippen molar-refractivity contribution in [3.05, 3.63) is 40.1 Å². The van der Waals surface area contributed by atoms with E-state index in [1.807, 2.05) is 6.92 Å². The minimum Gasteiger partial charge on any atom is -0.370 e. The number of carbonyl (C=O) groups is 1. The zero-order valence-electron chi connectivity index (χ0n) is 11.0. The van der Waals surface area contributed by atoms with E-state index in [4.69, 9.17) is 4.74 Å². The van der Waals surface area contributed by atoms with Crippen molar-refractivity contribution in [1.82, 2.24) is 4.98 Å². The van der Waals surface area contributed by atoms with Crippen LogP contribution in [0.5, 0.6) is 0 Å². The first-order chi connectivity index (χ1) is 9.58. The van der Waals surface area contributed by atoms with Crippen molar-refractivity contribution in [2.75, 3.05) is 6.61 Å². The topological polar surface area (TPSA) is 85.2 Å². The molecule has 0 spiro atoms. The summed E-state index contributed by atoms with van der Waals surface area (Å²) in [6, 6.07) is 4.46. The van der Waals surface area contributed by atoms with Crippen LogP contribution in [0.3, 0.4) is 0 Å². The van der Waals surface area contributed by atoms with Crippen molar-refractivity contribution < 1.29 is 14.5 Å². The lowest BCUT2D eigenvalue weighted by Gasteiger charge is -2.12. The quantitative estimate of drug-likeness (QED) is 0.529. The summed E-state index contributed by atoms with van der Waals surface area (Å²) < 4.78 is 5.48. The van der Waals surface area contributed by atoms with Gasteiger partial charge in [0.1, 0.15) is 6.10 Å². The number of nitro groups is 1. The van der Waals surface area contributed by atoms with Crippen LogP contribution in [-0.2, 0) is 4.74 Å². The molecule has 1 aliphatic rings. The number of nitro benzene ring substituents is 1. The molecule has 1 fully saturated rings. The monoisotopic (exact) mass is 274 g/mol. The van der Waals surface area contributed by atoms with E-state index >= 15 is 0 Å². The molecule has 1 aliphatic heterocycles. The molecule has 1 aromatic carbocycles. The van der Waals surface area contributed by atoms with E-state index in [-0.39, 0.29) is 17.4 Å². The number of rotatable bonds is 3. The number of ether oxygens (including phenoxy) is 1. The van der Waals surface area contributed by atoms with Gasteiger partial charge >= 0.3 is 0 Å². The van der Waals surface area contributed by atoms with E-state index < -0.39 is 11.0 Å². The molecule has 2 heterocycles. The number of benzene rings is 1. The van der Waals surface area contributed by atoms with E-state index in [1.54, 1.807) is 12.3 Å². The fraction of sp³-hybridized carbons (Fsp3) is 0.357. The number of H-pyrrole nitrogens is 1. The highest BCUT2D eigenvalue weighted by atomic mass is 16.6. The zero-order chi connectivity index (χ0) is 14.3. The minimum absolute atomic E-state index is 0.0217. The van der Waals surface area contributed by atoms with E-state index in [2.05, 4.69) is 4.98 Å². The average Bonchev–Trinajstić information content (AvgIpc) is 3.03. The van der Waals surface area contributed by atoms with E-state index in [9.17, 15) is 14.9 Å². The Morgan fingerprint density at radius 3 is 2.95 bits per heavy atom. The normalized spacial score (nSPS) is 22.2. The summed E-state index contributed by atoms with van der Waals surface area (Å²) in [6.07, 6.45) is 2.01. The number of hydrogen-bond donors (Lipinski definition) is 1. The minimum atomic E-state index is -0.463. The maximum absolute atomic E-state index is 12.5. The van der Waals surface area contributed by atoms with Crippen molar-refractivity contribution in [3.8, 4) is 0 Å². The molecule has 0 saturated carbocycles. The van der Waals surface area contributed by atoms with Crippen molar-refractivity contribution in [2.24, 2.45) is 5.92 Å². The molecule has 2 unspecified atom stereocenters. The Morgan fingerprint density at radius 1 is 1.50 bits per heavy atom. The summed E-state index contributed by atoms with van der Waals surface area (Å²) in [4.78, 5) is 25.9. The Morgan fingerprint density at radius 2 is 2.30 bits per heavy atom. The predicted molar refractivity (Wildman–Crippen MR) is 72.8 cm³/mol. The number of fused-ring (bicyclic) bond motifs is 1. The Balaban J connectivity index is 2.04. The summed E-state index contributed by atoms with van der Waals surface area (Å²) in [7, 11) is 0. The fourth-order valence-electron chi connectivity index (χ4n) is 2.61. The van der Waals surface area contributed by atoms with Crippen LogP contribution in [-0.4, -0.2) is 28.4 Å². The van der Waals surface area contributed by atoms with Gasteiger partial charge in [0.2, 0.25) is 0 Å². The molecule has 2 aromatic rings. The average molecular weight is 274 g/mol. The lowest BCUT2D eigenvalue weighted by atomic mass is 9.96. The van der Waals surface area contributed by atoms with Crippen LogP contribution in [0.1, 0.15) is 23.7 Å². The lowest BCUT2D eigenvalue weighted by molar-refractivity contribution is -0.384. The third-order valence-corrected chi connectivity index (χ3v) is 3.79. The maximum Gasteiger partial charge on any atom is 0.270 e.